The smallest absolute Gasteiger partial charge is 0.129 e. The number of likely N-dealkylation sites (N-methyl/N-ethyl adjacent to an activating group) is 1. The lowest BCUT2D eigenvalue weighted by atomic mass is 10.1. The van der Waals surface area contributed by atoms with Gasteiger partial charge in [0.25, 0.3) is 0 Å². The van der Waals surface area contributed by atoms with Crippen LogP contribution in [0.25, 0.3) is 10.9 Å². The summed E-state index contributed by atoms with van der Waals surface area (Å²) in [5.74, 6) is 1.11. The molecule has 4 heteroatoms. The first-order chi connectivity index (χ1) is 10.2. The van der Waals surface area contributed by atoms with E-state index in [1.807, 2.05) is 7.05 Å². The highest BCUT2D eigenvalue weighted by Gasteiger charge is 2.25. The minimum absolute atomic E-state index is 0.631. The summed E-state index contributed by atoms with van der Waals surface area (Å²) >= 11 is 0. The van der Waals surface area contributed by atoms with E-state index < -0.39 is 0 Å². The van der Waals surface area contributed by atoms with Crippen molar-refractivity contribution in [1.82, 2.24) is 15.2 Å². The van der Waals surface area contributed by atoms with Crippen molar-refractivity contribution in [3.63, 3.8) is 0 Å². The van der Waals surface area contributed by atoms with Crippen molar-refractivity contribution in [2.75, 3.05) is 39.1 Å². The number of para-hydroxylation sites is 1. The van der Waals surface area contributed by atoms with Crippen molar-refractivity contribution >= 4 is 16.7 Å². The lowest BCUT2D eigenvalue weighted by Crippen LogP contribution is -2.31. The second kappa shape index (κ2) is 6.00. The van der Waals surface area contributed by atoms with Crippen LogP contribution < -0.4 is 10.2 Å². The average molecular weight is 284 g/mol. The van der Waals surface area contributed by atoms with E-state index in [-0.39, 0.29) is 0 Å². The first-order valence-electron chi connectivity index (χ1n) is 7.63. The van der Waals surface area contributed by atoms with E-state index in [1.54, 1.807) is 0 Å². The molecule has 2 aromatic rings. The van der Waals surface area contributed by atoms with Crippen molar-refractivity contribution in [2.45, 2.75) is 19.0 Å². The minimum atomic E-state index is 0.631. The Bertz CT molecular complexity index is 623. The van der Waals surface area contributed by atoms with Crippen LogP contribution in [0.5, 0.6) is 0 Å². The molecule has 1 aliphatic heterocycles. The van der Waals surface area contributed by atoms with E-state index in [0.717, 1.165) is 31.0 Å². The van der Waals surface area contributed by atoms with Gasteiger partial charge in [-0.15, -0.1) is 0 Å². The third kappa shape index (κ3) is 2.87. The normalized spacial score (nSPS) is 18.9. The molecule has 1 fully saturated rings. The van der Waals surface area contributed by atoms with Gasteiger partial charge in [0.05, 0.1) is 5.52 Å². The fourth-order valence-corrected chi connectivity index (χ4v) is 3.10. The summed E-state index contributed by atoms with van der Waals surface area (Å²) in [6.07, 6.45) is 1.21. The van der Waals surface area contributed by atoms with E-state index in [0.29, 0.717) is 6.04 Å². The first-order valence-corrected chi connectivity index (χ1v) is 7.63. The van der Waals surface area contributed by atoms with E-state index in [4.69, 9.17) is 4.98 Å². The third-order valence-electron chi connectivity index (χ3n) is 4.37. The van der Waals surface area contributed by atoms with Crippen LogP contribution >= 0.6 is 0 Å². The molecule has 112 valence electrons. The molecule has 1 atom stereocenters. The molecule has 0 spiro atoms. The molecular weight excluding hydrogens is 260 g/mol. The number of hydrogen-bond donors (Lipinski definition) is 1. The number of nitrogens with zero attached hydrogens (tertiary/aromatic N) is 3. The molecule has 21 heavy (non-hydrogen) atoms. The number of aromatic nitrogens is 1. The third-order valence-corrected chi connectivity index (χ3v) is 4.37. The summed E-state index contributed by atoms with van der Waals surface area (Å²) in [7, 11) is 6.32. The number of pyridine rings is 1. The van der Waals surface area contributed by atoms with Crippen LogP contribution in [-0.2, 0) is 6.54 Å². The number of rotatable bonds is 4. The summed E-state index contributed by atoms with van der Waals surface area (Å²) in [6.45, 7) is 3.03. The average Bonchev–Trinajstić information content (AvgIpc) is 2.97. The van der Waals surface area contributed by atoms with Crippen LogP contribution in [0.2, 0.25) is 0 Å². The summed E-state index contributed by atoms with van der Waals surface area (Å²) < 4.78 is 0. The molecule has 1 aliphatic rings. The van der Waals surface area contributed by atoms with Gasteiger partial charge in [-0.05, 0) is 45.3 Å². The van der Waals surface area contributed by atoms with Crippen molar-refractivity contribution in [3.8, 4) is 0 Å². The lowest BCUT2D eigenvalue weighted by molar-refractivity contribution is 0.315. The Morgan fingerprint density at radius 1 is 1.33 bits per heavy atom. The molecule has 1 aromatic carbocycles. The molecule has 1 unspecified atom stereocenters. The molecule has 1 N–H and O–H groups in total. The number of nitrogens with one attached hydrogen (secondary N) is 1. The fraction of sp³-hybridized carbons (Fsp3) is 0.471. The van der Waals surface area contributed by atoms with Gasteiger partial charge in [-0.2, -0.15) is 0 Å². The topological polar surface area (TPSA) is 31.4 Å². The lowest BCUT2D eigenvalue weighted by Gasteiger charge is -2.22. The van der Waals surface area contributed by atoms with Gasteiger partial charge in [0.15, 0.2) is 0 Å². The summed E-state index contributed by atoms with van der Waals surface area (Å²) in [6, 6.07) is 11.3. The van der Waals surface area contributed by atoms with Gasteiger partial charge in [0.1, 0.15) is 5.82 Å². The van der Waals surface area contributed by atoms with Gasteiger partial charge >= 0.3 is 0 Å². The molecule has 1 aromatic heterocycles. The SMILES string of the molecule is CNCc1cc(N2CCC(N(C)C)C2)nc2ccccc12. The number of benzene rings is 1. The molecule has 0 saturated carbocycles. The van der Waals surface area contributed by atoms with Crippen molar-refractivity contribution in [2.24, 2.45) is 0 Å². The molecule has 2 heterocycles. The predicted octanol–water partition coefficient (Wildman–Crippen LogP) is 2.09. The second-order valence-electron chi connectivity index (χ2n) is 6.04. The highest BCUT2D eigenvalue weighted by Crippen LogP contribution is 2.26. The van der Waals surface area contributed by atoms with Gasteiger partial charge in [0.2, 0.25) is 0 Å². The van der Waals surface area contributed by atoms with E-state index >= 15 is 0 Å². The Labute approximate surface area is 126 Å². The molecule has 0 amide bonds. The predicted molar refractivity (Wildman–Crippen MR) is 88.8 cm³/mol. The number of fused-ring (bicyclic) bond motifs is 1. The maximum atomic E-state index is 4.87. The maximum Gasteiger partial charge on any atom is 0.129 e. The van der Waals surface area contributed by atoms with Gasteiger partial charge in [-0.1, -0.05) is 18.2 Å². The fourth-order valence-electron chi connectivity index (χ4n) is 3.10. The van der Waals surface area contributed by atoms with Crippen LogP contribution in [0.15, 0.2) is 30.3 Å². The zero-order valence-corrected chi connectivity index (χ0v) is 13.1. The Kier molecular flexibility index (Phi) is 4.08. The quantitative estimate of drug-likeness (QED) is 0.931. The van der Waals surface area contributed by atoms with E-state index in [1.165, 1.54) is 17.4 Å². The van der Waals surface area contributed by atoms with Crippen molar-refractivity contribution < 1.29 is 0 Å². The Hall–Kier alpha value is -1.65. The van der Waals surface area contributed by atoms with Gasteiger partial charge in [-0.3, -0.25) is 0 Å². The largest absolute Gasteiger partial charge is 0.355 e. The highest BCUT2D eigenvalue weighted by molar-refractivity contribution is 5.84. The summed E-state index contributed by atoms with van der Waals surface area (Å²) in [4.78, 5) is 9.60. The second-order valence-corrected chi connectivity index (χ2v) is 6.04. The first kappa shape index (κ1) is 14.3. The highest BCUT2D eigenvalue weighted by atomic mass is 15.3. The van der Waals surface area contributed by atoms with Gasteiger partial charge in [-0.25, -0.2) is 4.98 Å². The van der Waals surface area contributed by atoms with Crippen LogP contribution in [-0.4, -0.2) is 50.2 Å². The zero-order valence-electron chi connectivity index (χ0n) is 13.1. The van der Waals surface area contributed by atoms with Crippen LogP contribution in [0.4, 0.5) is 5.82 Å². The standard InChI is InChI=1S/C17H24N4/c1-18-11-13-10-17(19-16-7-5-4-6-15(13)16)21-9-8-14(12-21)20(2)3/h4-7,10,14,18H,8-9,11-12H2,1-3H3. The van der Waals surface area contributed by atoms with Crippen molar-refractivity contribution in [1.29, 1.82) is 0 Å². The number of anilines is 1. The van der Waals surface area contributed by atoms with E-state index in [2.05, 4.69) is 59.5 Å². The molecule has 0 bridgehead atoms. The van der Waals surface area contributed by atoms with Crippen molar-refractivity contribution in [3.05, 3.63) is 35.9 Å². The molecule has 3 rings (SSSR count). The van der Waals surface area contributed by atoms with Gasteiger partial charge in [0, 0.05) is 31.1 Å². The zero-order chi connectivity index (χ0) is 14.8. The van der Waals surface area contributed by atoms with Crippen LogP contribution in [0, 0.1) is 0 Å². The molecule has 4 nitrogen and oxygen atoms in total. The monoisotopic (exact) mass is 284 g/mol. The molecular formula is C17H24N4. The minimum Gasteiger partial charge on any atom is -0.355 e. The maximum absolute atomic E-state index is 4.87. The van der Waals surface area contributed by atoms with E-state index in [9.17, 15) is 0 Å². The molecule has 1 saturated heterocycles. The molecule has 0 radical (unpaired) electrons. The summed E-state index contributed by atoms with van der Waals surface area (Å²) in [5.41, 5.74) is 2.42. The van der Waals surface area contributed by atoms with Crippen LogP contribution in [0.1, 0.15) is 12.0 Å². The van der Waals surface area contributed by atoms with Gasteiger partial charge < -0.3 is 15.1 Å². The van der Waals surface area contributed by atoms with Crippen LogP contribution in [0.3, 0.4) is 0 Å². The Morgan fingerprint density at radius 3 is 2.86 bits per heavy atom. The summed E-state index contributed by atoms with van der Waals surface area (Å²) in [5, 5.41) is 4.52. The molecule has 0 aliphatic carbocycles. The Balaban J connectivity index is 1.96. The Morgan fingerprint density at radius 2 is 2.14 bits per heavy atom. The number of hydrogen-bond acceptors (Lipinski definition) is 4.